The Bertz CT molecular complexity index is 1080. The molecule has 2 heterocycles. The predicted octanol–water partition coefficient (Wildman–Crippen LogP) is 4.36. The molecule has 7 heteroatoms. The highest BCUT2D eigenvalue weighted by Crippen LogP contribution is 2.25. The molecule has 1 amide bonds. The zero-order chi connectivity index (χ0) is 21.8. The normalized spacial score (nSPS) is 15.5. The number of piperazine rings is 1. The topological polar surface area (TPSA) is 73.4 Å². The fourth-order valence-electron chi connectivity index (χ4n) is 3.79. The molecule has 0 spiro atoms. The fraction of sp³-hybridized carbons (Fsp3) is 0.292. The lowest BCUT2D eigenvalue weighted by Crippen LogP contribution is -2.50. The summed E-state index contributed by atoms with van der Waals surface area (Å²) in [5.74, 6) is 1.25. The molecule has 1 atom stereocenters. The molecule has 0 saturated carbocycles. The van der Waals surface area contributed by atoms with Gasteiger partial charge in [-0.3, -0.25) is 9.69 Å². The quantitative estimate of drug-likeness (QED) is 0.544. The summed E-state index contributed by atoms with van der Waals surface area (Å²) in [6, 6.07) is 19.6. The molecule has 1 unspecified atom stereocenters. The van der Waals surface area contributed by atoms with Crippen LogP contribution in [0.5, 0.6) is 0 Å². The number of hydrogen-bond acceptors (Lipinski definition) is 5. The number of oxazole rings is 1. The highest BCUT2D eigenvalue weighted by atomic mass is 79.9. The summed E-state index contributed by atoms with van der Waals surface area (Å²) in [4.78, 5) is 21.4. The first-order valence-corrected chi connectivity index (χ1v) is 11.0. The maximum atomic E-state index is 12.9. The van der Waals surface area contributed by atoms with Crippen molar-refractivity contribution < 1.29 is 9.21 Å². The van der Waals surface area contributed by atoms with Crippen LogP contribution in [-0.4, -0.2) is 46.9 Å². The highest BCUT2D eigenvalue weighted by molar-refractivity contribution is 9.10. The summed E-state index contributed by atoms with van der Waals surface area (Å²) in [5, 5.41) is 9.70. The summed E-state index contributed by atoms with van der Waals surface area (Å²) in [6.45, 7) is 4.35. The molecule has 1 aliphatic heterocycles. The van der Waals surface area contributed by atoms with Crippen molar-refractivity contribution in [1.29, 1.82) is 5.26 Å². The summed E-state index contributed by atoms with van der Waals surface area (Å²) < 4.78 is 6.77. The van der Waals surface area contributed by atoms with Gasteiger partial charge in [-0.15, -0.1) is 0 Å². The standard InChI is InChI=1S/C24H23BrN4O2/c1-17-21(27-24(31-17)19-5-3-2-4-6-19)15-23(30)29-13-11-28(12-14-29)22(16-26)18-7-9-20(25)10-8-18/h2-10,22H,11-15H2,1H3. The number of nitriles is 1. The molecule has 1 aromatic heterocycles. The lowest BCUT2D eigenvalue weighted by Gasteiger charge is -2.37. The van der Waals surface area contributed by atoms with E-state index in [1.165, 1.54) is 0 Å². The van der Waals surface area contributed by atoms with Gasteiger partial charge < -0.3 is 9.32 Å². The first-order chi connectivity index (χ1) is 15.0. The number of aromatic nitrogens is 1. The average Bonchev–Trinajstić information content (AvgIpc) is 3.17. The molecule has 31 heavy (non-hydrogen) atoms. The van der Waals surface area contributed by atoms with E-state index in [0.717, 1.165) is 15.6 Å². The van der Waals surface area contributed by atoms with Gasteiger partial charge >= 0.3 is 0 Å². The smallest absolute Gasteiger partial charge is 0.228 e. The summed E-state index contributed by atoms with van der Waals surface area (Å²) in [7, 11) is 0. The van der Waals surface area contributed by atoms with Gasteiger partial charge in [0.2, 0.25) is 11.8 Å². The molecule has 158 valence electrons. The third-order valence-corrected chi connectivity index (χ3v) is 6.10. The Hall–Kier alpha value is -2.95. The van der Waals surface area contributed by atoms with Crippen molar-refractivity contribution in [1.82, 2.24) is 14.8 Å². The maximum absolute atomic E-state index is 12.9. The number of amides is 1. The van der Waals surface area contributed by atoms with Crippen molar-refractivity contribution >= 4 is 21.8 Å². The molecule has 3 aromatic rings. The summed E-state index contributed by atoms with van der Waals surface area (Å²) >= 11 is 3.43. The molecule has 0 N–H and O–H groups in total. The van der Waals surface area contributed by atoms with Crippen LogP contribution in [0, 0.1) is 18.3 Å². The first kappa shape index (κ1) is 21.3. The van der Waals surface area contributed by atoms with Gasteiger partial charge in [0.1, 0.15) is 11.8 Å². The predicted molar refractivity (Wildman–Crippen MR) is 121 cm³/mol. The molecule has 1 fully saturated rings. The van der Waals surface area contributed by atoms with Crippen LogP contribution in [0.4, 0.5) is 0 Å². The molecule has 6 nitrogen and oxygen atoms in total. The first-order valence-electron chi connectivity index (χ1n) is 10.2. The minimum atomic E-state index is -0.309. The van der Waals surface area contributed by atoms with E-state index in [2.05, 4.69) is 31.9 Å². The van der Waals surface area contributed by atoms with E-state index < -0.39 is 0 Å². The molecule has 0 bridgehead atoms. The Morgan fingerprint density at radius 3 is 2.45 bits per heavy atom. The molecule has 0 radical (unpaired) electrons. The van der Waals surface area contributed by atoms with Gasteiger partial charge in [-0.2, -0.15) is 5.26 Å². The zero-order valence-corrected chi connectivity index (χ0v) is 18.9. The number of halogens is 1. The Kier molecular flexibility index (Phi) is 6.50. The SMILES string of the molecule is Cc1oc(-c2ccccc2)nc1CC(=O)N1CCN(C(C#N)c2ccc(Br)cc2)CC1. The minimum absolute atomic E-state index is 0.0350. The van der Waals surface area contributed by atoms with Crippen LogP contribution in [0.3, 0.4) is 0 Å². The molecule has 2 aromatic carbocycles. The number of carbonyl (C=O) groups excluding carboxylic acids is 1. The number of aryl methyl sites for hydroxylation is 1. The molecular formula is C24H23BrN4O2. The van der Waals surface area contributed by atoms with Crippen molar-refractivity contribution in [2.45, 2.75) is 19.4 Å². The molecule has 1 aliphatic rings. The van der Waals surface area contributed by atoms with Gasteiger partial charge in [0.25, 0.3) is 0 Å². The minimum Gasteiger partial charge on any atom is -0.441 e. The van der Waals surface area contributed by atoms with Gasteiger partial charge in [0, 0.05) is 36.2 Å². The Labute approximate surface area is 190 Å². The van der Waals surface area contributed by atoms with Crippen LogP contribution in [0.25, 0.3) is 11.5 Å². The van der Waals surface area contributed by atoms with Gasteiger partial charge in [0.15, 0.2) is 0 Å². The monoisotopic (exact) mass is 478 g/mol. The Morgan fingerprint density at radius 1 is 1.13 bits per heavy atom. The van der Waals surface area contributed by atoms with Gasteiger partial charge in [-0.1, -0.05) is 46.3 Å². The van der Waals surface area contributed by atoms with E-state index >= 15 is 0 Å². The van der Waals surface area contributed by atoms with E-state index in [9.17, 15) is 10.1 Å². The van der Waals surface area contributed by atoms with Gasteiger partial charge in [-0.25, -0.2) is 4.98 Å². The van der Waals surface area contributed by atoms with Gasteiger partial charge in [0.05, 0.1) is 18.2 Å². The van der Waals surface area contributed by atoms with Crippen molar-refractivity contribution in [3.63, 3.8) is 0 Å². The van der Waals surface area contributed by atoms with Crippen LogP contribution >= 0.6 is 15.9 Å². The highest BCUT2D eigenvalue weighted by Gasteiger charge is 2.28. The van der Waals surface area contributed by atoms with Crippen LogP contribution < -0.4 is 0 Å². The maximum Gasteiger partial charge on any atom is 0.228 e. The van der Waals surface area contributed by atoms with E-state index in [-0.39, 0.29) is 18.4 Å². The van der Waals surface area contributed by atoms with E-state index in [1.54, 1.807) is 0 Å². The van der Waals surface area contributed by atoms with Crippen LogP contribution in [0.1, 0.15) is 23.1 Å². The molecule has 4 rings (SSSR count). The van der Waals surface area contributed by atoms with Crippen LogP contribution in [-0.2, 0) is 11.2 Å². The zero-order valence-electron chi connectivity index (χ0n) is 17.3. The van der Waals surface area contributed by atoms with E-state index in [0.29, 0.717) is 43.5 Å². The van der Waals surface area contributed by atoms with Crippen molar-refractivity contribution in [3.05, 3.63) is 76.1 Å². The Balaban J connectivity index is 1.37. The van der Waals surface area contributed by atoms with E-state index in [4.69, 9.17) is 4.42 Å². The number of nitrogens with zero attached hydrogens (tertiary/aromatic N) is 4. The second-order valence-electron chi connectivity index (χ2n) is 7.56. The summed E-state index contributed by atoms with van der Waals surface area (Å²) in [6.07, 6.45) is 0.219. The third-order valence-electron chi connectivity index (χ3n) is 5.57. The molecular weight excluding hydrogens is 456 g/mol. The van der Waals surface area contributed by atoms with Crippen LogP contribution in [0.15, 0.2) is 63.5 Å². The fourth-order valence-corrected chi connectivity index (χ4v) is 4.06. The average molecular weight is 479 g/mol. The largest absolute Gasteiger partial charge is 0.441 e. The Morgan fingerprint density at radius 2 is 1.81 bits per heavy atom. The number of hydrogen-bond donors (Lipinski definition) is 0. The molecule has 1 saturated heterocycles. The van der Waals surface area contributed by atoms with E-state index in [1.807, 2.05) is 66.4 Å². The lowest BCUT2D eigenvalue weighted by atomic mass is 10.1. The lowest BCUT2D eigenvalue weighted by molar-refractivity contribution is -0.132. The van der Waals surface area contributed by atoms with Gasteiger partial charge in [-0.05, 0) is 36.8 Å². The van der Waals surface area contributed by atoms with Crippen molar-refractivity contribution in [2.75, 3.05) is 26.2 Å². The second kappa shape index (κ2) is 9.46. The summed E-state index contributed by atoms with van der Waals surface area (Å²) in [5.41, 5.74) is 2.54. The van der Waals surface area contributed by atoms with Crippen LogP contribution in [0.2, 0.25) is 0 Å². The third kappa shape index (κ3) is 4.87. The van der Waals surface area contributed by atoms with Crippen molar-refractivity contribution in [3.8, 4) is 17.5 Å². The number of benzene rings is 2. The second-order valence-corrected chi connectivity index (χ2v) is 8.48. The van der Waals surface area contributed by atoms with Crippen molar-refractivity contribution in [2.24, 2.45) is 0 Å². The number of rotatable bonds is 5. The molecule has 0 aliphatic carbocycles. The number of carbonyl (C=O) groups is 1.